The van der Waals surface area contributed by atoms with Crippen LogP contribution in [0.25, 0.3) is 33.1 Å². The molecular formula is C20H13N2O3S-. The molecule has 0 radical (unpaired) electrons. The summed E-state index contributed by atoms with van der Waals surface area (Å²) >= 11 is 0.957. The van der Waals surface area contributed by atoms with E-state index in [1.54, 1.807) is 13.0 Å². The third kappa shape index (κ3) is 2.80. The van der Waals surface area contributed by atoms with Gasteiger partial charge in [0, 0.05) is 0 Å². The lowest BCUT2D eigenvalue weighted by Crippen LogP contribution is -2.21. The van der Waals surface area contributed by atoms with Crippen molar-refractivity contribution in [1.82, 2.24) is 9.97 Å². The summed E-state index contributed by atoms with van der Waals surface area (Å²) in [6.07, 6.45) is 3.56. The lowest BCUT2D eigenvalue weighted by molar-refractivity contribution is -0.254. The molecule has 1 N–H and O–H groups in total. The number of hydrogen-bond donors (Lipinski definition) is 1. The maximum Gasteiger partial charge on any atom is 0.260 e. The Kier molecular flexibility index (Phi) is 3.89. The van der Waals surface area contributed by atoms with Crippen molar-refractivity contribution in [2.45, 2.75) is 6.92 Å². The van der Waals surface area contributed by atoms with E-state index in [-0.39, 0.29) is 10.4 Å². The fourth-order valence-corrected chi connectivity index (χ4v) is 3.94. The van der Waals surface area contributed by atoms with E-state index in [1.807, 2.05) is 48.5 Å². The zero-order valence-corrected chi connectivity index (χ0v) is 14.6. The molecule has 0 saturated heterocycles. The summed E-state index contributed by atoms with van der Waals surface area (Å²) in [4.78, 5) is 30.9. The molecule has 0 aliphatic carbocycles. The number of aryl methyl sites for hydroxylation is 1. The Hall–Kier alpha value is -3.25. The standard InChI is InChI=1S/C20H14N2O3S/c1-11-16-18(23)21-15(22-19(16)26-17(11)20(24)25)9-7-12-6-8-13-4-2-3-5-14(13)10-12/h2-10H,1H3,(H,24,25)(H,21,22,23)/p-1/b9-7+. The number of aromatic carboxylic acids is 1. The first-order valence-electron chi connectivity index (χ1n) is 7.94. The van der Waals surface area contributed by atoms with E-state index in [1.165, 1.54) is 0 Å². The van der Waals surface area contributed by atoms with Crippen LogP contribution in [-0.2, 0) is 0 Å². The largest absolute Gasteiger partial charge is 0.544 e. The molecule has 0 amide bonds. The molecule has 0 atom stereocenters. The van der Waals surface area contributed by atoms with Crippen LogP contribution in [0.15, 0.2) is 47.3 Å². The molecule has 6 heteroatoms. The van der Waals surface area contributed by atoms with E-state index in [0.717, 1.165) is 27.7 Å². The van der Waals surface area contributed by atoms with Crippen LogP contribution in [0.5, 0.6) is 0 Å². The van der Waals surface area contributed by atoms with Crippen molar-refractivity contribution in [2.75, 3.05) is 0 Å². The molecular weight excluding hydrogens is 348 g/mol. The minimum absolute atomic E-state index is 0.0358. The molecule has 0 spiro atoms. The van der Waals surface area contributed by atoms with Crippen molar-refractivity contribution in [3.05, 3.63) is 74.6 Å². The zero-order valence-electron chi connectivity index (χ0n) is 13.8. The predicted molar refractivity (Wildman–Crippen MR) is 102 cm³/mol. The van der Waals surface area contributed by atoms with Crippen LogP contribution >= 0.6 is 11.3 Å². The van der Waals surface area contributed by atoms with Crippen molar-refractivity contribution in [1.29, 1.82) is 0 Å². The SMILES string of the molecule is Cc1c(C(=O)[O-])sc2nc(/C=C/c3ccc4ccccc4c3)[nH]c(=O)c12. The number of carboxylic acids is 1. The molecule has 0 bridgehead atoms. The van der Waals surface area contributed by atoms with Crippen molar-refractivity contribution in [2.24, 2.45) is 0 Å². The number of rotatable bonds is 3. The molecule has 0 aliphatic heterocycles. The highest BCUT2D eigenvalue weighted by Crippen LogP contribution is 2.26. The molecule has 128 valence electrons. The van der Waals surface area contributed by atoms with Crippen LogP contribution in [0.3, 0.4) is 0 Å². The van der Waals surface area contributed by atoms with Gasteiger partial charge in [-0.05, 0) is 41.0 Å². The second kappa shape index (κ2) is 6.24. The molecule has 2 aromatic carbocycles. The Labute approximate surface area is 152 Å². The summed E-state index contributed by atoms with van der Waals surface area (Å²) in [5.74, 6) is -0.917. The van der Waals surface area contributed by atoms with Gasteiger partial charge in [-0.2, -0.15) is 0 Å². The minimum Gasteiger partial charge on any atom is -0.544 e. The fraction of sp³-hybridized carbons (Fsp3) is 0.0500. The normalized spacial score (nSPS) is 11.6. The predicted octanol–water partition coefficient (Wildman–Crippen LogP) is 2.98. The Morgan fingerprint density at radius 3 is 2.69 bits per heavy atom. The van der Waals surface area contributed by atoms with Gasteiger partial charge in [0.15, 0.2) is 0 Å². The zero-order chi connectivity index (χ0) is 18.3. The number of nitrogens with one attached hydrogen (secondary N) is 1. The Morgan fingerprint density at radius 2 is 1.92 bits per heavy atom. The van der Waals surface area contributed by atoms with Crippen LogP contribution in [0.4, 0.5) is 0 Å². The number of thiophene rings is 1. The highest BCUT2D eigenvalue weighted by molar-refractivity contribution is 7.20. The van der Waals surface area contributed by atoms with Gasteiger partial charge in [0.25, 0.3) is 5.56 Å². The fourth-order valence-electron chi connectivity index (χ4n) is 2.92. The Balaban J connectivity index is 1.75. The highest BCUT2D eigenvalue weighted by Gasteiger charge is 2.14. The van der Waals surface area contributed by atoms with Gasteiger partial charge in [0.2, 0.25) is 0 Å². The summed E-state index contributed by atoms with van der Waals surface area (Å²) in [5.41, 5.74) is 1.02. The number of benzene rings is 2. The van der Waals surface area contributed by atoms with Gasteiger partial charge in [-0.1, -0.05) is 42.5 Å². The number of aromatic nitrogens is 2. The number of fused-ring (bicyclic) bond motifs is 2. The molecule has 0 fully saturated rings. The number of carbonyl (C=O) groups is 1. The van der Waals surface area contributed by atoms with Crippen molar-refractivity contribution < 1.29 is 9.90 Å². The molecule has 5 nitrogen and oxygen atoms in total. The highest BCUT2D eigenvalue weighted by atomic mass is 32.1. The van der Waals surface area contributed by atoms with E-state index < -0.39 is 5.97 Å². The van der Waals surface area contributed by atoms with Crippen LogP contribution in [0.1, 0.15) is 26.6 Å². The van der Waals surface area contributed by atoms with E-state index in [9.17, 15) is 14.7 Å². The second-order valence-corrected chi connectivity index (χ2v) is 6.91. The Bertz CT molecular complexity index is 1250. The van der Waals surface area contributed by atoms with E-state index in [0.29, 0.717) is 21.6 Å². The van der Waals surface area contributed by atoms with Crippen molar-refractivity contribution in [3.8, 4) is 0 Å². The molecule has 4 aromatic rings. The third-order valence-electron chi connectivity index (χ3n) is 4.21. The van der Waals surface area contributed by atoms with Gasteiger partial charge in [-0.25, -0.2) is 4.98 Å². The maximum absolute atomic E-state index is 12.3. The quantitative estimate of drug-likeness (QED) is 0.608. The number of nitrogens with zero attached hydrogens (tertiary/aromatic N) is 1. The first kappa shape index (κ1) is 16.2. The van der Waals surface area contributed by atoms with E-state index in [4.69, 9.17) is 0 Å². The summed E-state index contributed by atoms with van der Waals surface area (Å²) < 4.78 is 0. The molecule has 0 aliphatic rings. The number of aromatic amines is 1. The van der Waals surface area contributed by atoms with E-state index >= 15 is 0 Å². The van der Waals surface area contributed by atoms with Gasteiger partial charge in [0.05, 0.1) is 16.2 Å². The third-order valence-corrected chi connectivity index (χ3v) is 5.38. The van der Waals surface area contributed by atoms with Crippen molar-refractivity contribution >= 4 is 50.4 Å². The minimum atomic E-state index is -1.29. The number of carbonyl (C=O) groups excluding carboxylic acids is 1. The summed E-state index contributed by atoms with van der Waals surface area (Å²) in [7, 11) is 0. The van der Waals surface area contributed by atoms with Crippen molar-refractivity contribution in [3.63, 3.8) is 0 Å². The summed E-state index contributed by atoms with van der Waals surface area (Å²) in [6, 6.07) is 14.1. The molecule has 0 unspecified atom stereocenters. The summed E-state index contributed by atoms with van der Waals surface area (Å²) in [6.45, 7) is 1.59. The molecule has 2 heterocycles. The van der Waals surface area contributed by atoms with E-state index in [2.05, 4.69) is 9.97 Å². The lowest BCUT2D eigenvalue weighted by Gasteiger charge is -1.99. The van der Waals surface area contributed by atoms with Crippen LogP contribution < -0.4 is 10.7 Å². The van der Waals surface area contributed by atoms with Crippen LogP contribution in [0, 0.1) is 6.92 Å². The second-order valence-electron chi connectivity index (χ2n) is 5.91. The van der Waals surface area contributed by atoms with Gasteiger partial charge in [-0.3, -0.25) is 4.79 Å². The van der Waals surface area contributed by atoms with Crippen LogP contribution in [-0.4, -0.2) is 15.9 Å². The topological polar surface area (TPSA) is 85.9 Å². The lowest BCUT2D eigenvalue weighted by atomic mass is 10.1. The maximum atomic E-state index is 12.3. The number of hydrogen-bond acceptors (Lipinski definition) is 5. The Morgan fingerprint density at radius 1 is 1.15 bits per heavy atom. The molecule has 26 heavy (non-hydrogen) atoms. The molecule has 0 saturated carbocycles. The monoisotopic (exact) mass is 361 g/mol. The first-order valence-corrected chi connectivity index (χ1v) is 8.76. The van der Waals surface area contributed by atoms with Gasteiger partial charge >= 0.3 is 0 Å². The average molecular weight is 361 g/mol. The van der Waals surface area contributed by atoms with Gasteiger partial charge in [-0.15, -0.1) is 11.3 Å². The smallest absolute Gasteiger partial charge is 0.260 e. The molecule has 2 aromatic heterocycles. The average Bonchev–Trinajstić information content (AvgIpc) is 2.97. The van der Waals surface area contributed by atoms with Gasteiger partial charge < -0.3 is 14.9 Å². The number of H-pyrrole nitrogens is 1. The molecule has 4 rings (SSSR count). The first-order chi connectivity index (χ1) is 12.5. The van der Waals surface area contributed by atoms with Gasteiger partial charge in [0.1, 0.15) is 10.7 Å². The van der Waals surface area contributed by atoms with Crippen LogP contribution in [0.2, 0.25) is 0 Å². The number of carboxylic acid groups (broad SMARTS) is 1. The summed E-state index contributed by atoms with van der Waals surface area (Å²) in [5, 5.41) is 13.7.